The summed E-state index contributed by atoms with van der Waals surface area (Å²) in [6, 6.07) is 19.3. The summed E-state index contributed by atoms with van der Waals surface area (Å²) in [5.41, 5.74) is 13.7. The number of H-pyrrole nitrogens is 1. The van der Waals surface area contributed by atoms with E-state index in [0.29, 0.717) is 37.8 Å². The van der Waals surface area contributed by atoms with Gasteiger partial charge in [-0.15, -0.1) is 0 Å². The predicted octanol–water partition coefficient (Wildman–Crippen LogP) is 1.83. The van der Waals surface area contributed by atoms with Gasteiger partial charge in [0.25, 0.3) is 0 Å². The van der Waals surface area contributed by atoms with Crippen molar-refractivity contribution in [3.8, 4) is 0 Å². The van der Waals surface area contributed by atoms with Gasteiger partial charge in [0.1, 0.15) is 29.7 Å². The number of fused-ring (bicyclic) bond motifs is 1. The molecule has 0 saturated heterocycles. The molecule has 1 heterocycles. The Balaban J connectivity index is 1.36. The van der Waals surface area contributed by atoms with Crippen LogP contribution in [-0.4, -0.2) is 111 Å². The Labute approximate surface area is 361 Å². The molecule has 1 aliphatic carbocycles. The molecule has 11 N–H and O–H groups in total. The van der Waals surface area contributed by atoms with E-state index in [4.69, 9.17) is 11.5 Å². The summed E-state index contributed by atoms with van der Waals surface area (Å²) >= 11 is 0. The molecule has 6 atom stereocenters. The smallest absolute Gasteiger partial charge is 0.329 e. The van der Waals surface area contributed by atoms with Crippen molar-refractivity contribution in [2.45, 2.75) is 113 Å². The molecule has 1 aromatic heterocycles. The topological polar surface area (TPSA) is 262 Å². The number of aromatic nitrogens is 1. The van der Waals surface area contributed by atoms with Crippen molar-refractivity contribution in [1.82, 2.24) is 31.2 Å². The number of aromatic amines is 1. The van der Waals surface area contributed by atoms with E-state index in [0.717, 1.165) is 22.0 Å². The quantitative estimate of drug-likeness (QED) is 0.0518. The molecule has 16 heteroatoms. The Hall–Kier alpha value is -6.10. The van der Waals surface area contributed by atoms with Gasteiger partial charge >= 0.3 is 5.97 Å². The van der Waals surface area contributed by atoms with E-state index in [9.17, 15) is 39.0 Å². The number of benzene rings is 3. The average molecular weight is 853 g/mol. The lowest BCUT2D eigenvalue weighted by Gasteiger charge is -2.37. The maximum atomic E-state index is 14.3. The second-order valence-corrected chi connectivity index (χ2v) is 16.2. The summed E-state index contributed by atoms with van der Waals surface area (Å²) in [6.45, 7) is 1.62. The van der Waals surface area contributed by atoms with Crippen LogP contribution in [0.5, 0.6) is 0 Å². The van der Waals surface area contributed by atoms with E-state index in [1.807, 2.05) is 54.6 Å². The Kier molecular flexibility index (Phi) is 16.8. The number of carboxylic acid groups (broad SMARTS) is 1. The number of aliphatic carboxylic acids is 1. The summed E-state index contributed by atoms with van der Waals surface area (Å²) in [6.07, 6.45) is 3.33. The van der Waals surface area contributed by atoms with Crippen LogP contribution in [0.25, 0.3) is 10.9 Å². The molecule has 0 bridgehead atoms. The van der Waals surface area contributed by atoms with Crippen molar-refractivity contribution in [3.63, 3.8) is 0 Å². The number of nitrogens with zero attached hydrogens (tertiary/aromatic N) is 1. The molecular weight excluding hydrogens is 793 g/mol. The van der Waals surface area contributed by atoms with Crippen LogP contribution in [0.1, 0.15) is 68.6 Å². The van der Waals surface area contributed by atoms with Gasteiger partial charge in [0.05, 0.1) is 12.1 Å². The van der Waals surface area contributed by atoms with Crippen LogP contribution in [0.15, 0.2) is 91.1 Å². The summed E-state index contributed by atoms with van der Waals surface area (Å²) in [7, 11) is 1.42. The average Bonchev–Trinajstić information content (AvgIpc) is 3.93. The van der Waals surface area contributed by atoms with Crippen molar-refractivity contribution >= 4 is 46.4 Å². The maximum Gasteiger partial charge on any atom is 0.329 e. The molecule has 5 rings (SSSR count). The SMILES string of the molecule is C[C@@H](O)[C@H](NC(=O)[C@H](CCCCN)NC(=O)[C@@H](Cc1c[nH]c2ccccc12)NC(=O)[C@@H](N)Cc1ccccc1)C(=O)N[C@@H](Cc1ccccc1)C(=O)N(C)C1(C(=O)O)CCCC1. The fourth-order valence-electron chi connectivity index (χ4n) is 8.07. The van der Waals surface area contributed by atoms with Crippen LogP contribution in [0.3, 0.4) is 0 Å². The van der Waals surface area contributed by atoms with E-state index in [2.05, 4.69) is 26.3 Å². The zero-order valence-corrected chi connectivity index (χ0v) is 35.3. The van der Waals surface area contributed by atoms with E-state index in [-0.39, 0.29) is 38.5 Å². The number of likely N-dealkylation sites (N-methyl/N-ethyl adjacent to an activating group) is 1. The number of carbonyl (C=O) groups is 6. The fraction of sp³-hybridized carbons (Fsp3) is 0.435. The van der Waals surface area contributed by atoms with E-state index in [1.54, 1.807) is 36.5 Å². The molecule has 0 spiro atoms. The number of para-hydroxylation sites is 1. The first-order valence-corrected chi connectivity index (χ1v) is 21.2. The summed E-state index contributed by atoms with van der Waals surface area (Å²) in [4.78, 5) is 87.1. The minimum absolute atomic E-state index is 0.00223. The van der Waals surface area contributed by atoms with Gasteiger partial charge in [-0.25, -0.2) is 4.79 Å². The number of rotatable bonds is 22. The summed E-state index contributed by atoms with van der Waals surface area (Å²) in [5, 5.41) is 32.8. The Morgan fingerprint density at radius 2 is 1.29 bits per heavy atom. The molecule has 4 aromatic rings. The number of nitrogens with two attached hydrogens (primary N) is 2. The molecule has 62 heavy (non-hydrogen) atoms. The van der Waals surface area contributed by atoms with Crippen LogP contribution in [-0.2, 0) is 48.0 Å². The molecule has 3 aromatic carbocycles. The van der Waals surface area contributed by atoms with Crippen molar-refractivity contribution in [3.05, 3.63) is 108 Å². The van der Waals surface area contributed by atoms with Gasteiger partial charge in [-0.1, -0.05) is 91.7 Å². The lowest BCUT2D eigenvalue weighted by Crippen LogP contribution is -2.63. The van der Waals surface area contributed by atoms with Gasteiger partial charge in [-0.2, -0.15) is 0 Å². The second-order valence-electron chi connectivity index (χ2n) is 16.2. The standard InChI is InChI=1S/C46H60N8O8/c1-29(55)39(43(59)52-38(26-31-17-7-4-8-18-31)44(60)54(2)46(45(61)62)22-12-13-23-46)53-41(57)36(21-11-14-24-47)50-42(58)37(27-32-28-49-35-20-10-9-19-33(32)35)51-40(56)34(48)25-30-15-5-3-6-16-30/h3-10,15-20,28-29,34,36-39,49,55H,11-14,21-27,47-48H2,1-2H3,(H,50,58)(H,51,56)(H,52,59)(H,53,57)(H,61,62)/t29-,34+,36+,37-,38+,39+/m1/s1. The Bertz CT molecular complexity index is 2140. The lowest BCUT2D eigenvalue weighted by molar-refractivity contribution is -0.158. The zero-order valence-electron chi connectivity index (χ0n) is 35.3. The number of nitrogens with one attached hydrogen (secondary N) is 5. The normalized spacial score (nSPS) is 16.2. The number of carbonyl (C=O) groups excluding carboxylic acids is 5. The monoisotopic (exact) mass is 852 g/mol. The first kappa shape index (κ1) is 47.0. The molecule has 1 fully saturated rings. The van der Waals surface area contributed by atoms with Crippen molar-refractivity contribution in [1.29, 1.82) is 0 Å². The number of aliphatic hydroxyl groups excluding tert-OH is 1. The highest BCUT2D eigenvalue weighted by molar-refractivity contribution is 5.97. The van der Waals surface area contributed by atoms with Gasteiger partial charge in [0.2, 0.25) is 29.5 Å². The van der Waals surface area contributed by atoms with Gasteiger partial charge in [0.15, 0.2) is 0 Å². The van der Waals surface area contributed by atoms with E-state index < -0.39 is 77.4 Å². The number of carboxylic acids is 1. The number of hydrogen-bond acceptors (Lipinski definition) is 9. The number of amides is 5. The van der Waals surface area contributed by atoms with Crippen molar-refractivity contribution in [2.75, 3.05) is 13.6 Å². The molecule has 16 nitrogen and oxygen atoms in total. The van der Waals surface area contributed by atoms with E-state index >= 15 is 0 Å². The Morgan fingerprint density at radius 3 is 1.90 bits per heavy atom. The molecule has 332 valence electrons. The molecule has 1 saturated carbocycles. The molecule has 0 radical (unpaired) electrons. The first-order chi connectivity index (χ1) is 29.7. The summed E-state index contributed by atoms with van der Waals surface area (Å²) in [5.74, 6) is -4.72. The molecular formula is C46H60N8O8. The van der Waals surface area contributed by atoms with Crippen LogP contribution in [0.2, 0.25) is 0 Å². The van der Waals surface area contributed by atoms with Crippen molar-refractivity contribution in [2.24, 2.45) is 11.5 Å². The van der Waals surface area contributed by atoms with Gasteiger partial charge in [-0.3, -0.25) is 24.0 Å². The number of hydrogen-bond donors (Lipinski definition) is 9. The summed E-state index contributed by atoms with van der Waals surface area (Å²) < 4.78 is 0. The van der Waals surface area contributed by atoms with Crippen LogP contribution in [0.4, 0.5) is 0 Å². The minimum Gasteiger partial charge on any atom is -0.479 e. The molecule has 0 unspecified atom stereocenters. The molecule has 0 aliphatic heterocycles. The third-order valence-corrected chi connectivity index (χ3v) is 11.7. The minimum atomic E-state index is -1.59. The maximum absolute atomic E-state index is 14.3. The zero-order chi connectivity index (χ0) is 44.8. The number of aliphatic hydroxyl groups is 1. The lowest BCUT2D eigenvalue weighted by atomic mass is 9.93. The highest BCUT2D eigenvalue weighted by atomic mass is 16.4. The van der Waals surface area contributed by atoms with Gasteiger partial charge < -0.3 is 52.8 Å². The van der Waals surface area contributed by atoms with Crippen molar-refractivity contribution < 1.29 is 39.0 Å². The van der Waals surface area contributed by atoms with E-state index in [1.165, 1.54) is 18.9 Å². The fourth-order valence-corrected chi connectivity index (χ4v) is 8.07. The second kappa shape index (κ2) is 22.1. The van der Waals surface area contributed by atoms with Crippen LogP contribution in [0, 0.1) is 0 Å². The Morgan fingerprint density at radius 1 is 0.726 bits per heavy atom. The first-order valence-electron chi connectivity index (χ1n) is 21.2. The third kappa shape index (κ3) is 12.0. The highest BCUT2D eigenvalue weighted by Crippen LogP contribution is 2.35. The third-order valence-electron chi connectivity index (χ3n) is 11.7. The van der Waals surface area contributed by atoms with Crippen LogP contribution < -0.4 is 32.7 Å². The number of unbranched alkanes of at least 4 members (excludes halogenated alkanes) is 1. The molecule has 1 aliphatic rings. The highest BCUT2D eigenvalue weighted by Gasteiger charge is 2.48. The molecule has 5 amide bonds. The van der Waals surface area contributed by atoms with Gasteiger partial charge in [0, 0.05) is 37.0 Å². The van der Waals surface area contributed by atoms with Gasteiger partial charge in [-0.05, 0) is 74.8 Å². The van der Waals surface area contributed by atoms with Crippen LogP contribution >= 0.6 is 0 Å². The largest absolute Gasteiger partial charge is 0.479 e. The predicted molar refractivity (Wildman–Crippen MR) is 234 cm³/mol.